The van der Waals surface area contributed by atoms with E-state index in [2.05, 4.69) is 28.8 Å². The van der Waals surface area contributed by atoms with E-state index in [1.165, 1.54) is 0 Å². The maximum atomic E-state index is 12.7. The number of likely N-dealkylation sites (tertiary alicyclic amines) is 1. The Balaban J connectivity index is 2.19. The molecule has 0 aliphatic carbocycles. The Bertz CT molecular complexity index is 562. The number of aliphatic hydroxyl groups is 1. The van der Waals surface area contributed by atoms with Crippen LogP contribution in [0.4, 0.5) is 0 Å². The zero-order chi connectivity index (χ0) is 15.2. The Morgan fingerprint density at radius 1 is 1.62 bits per heavy atom. The summed E-state index contributed by atoms with van der Waals surface area (Å²) in [7, 11) is 3.92. The van der Waals surface area contributed by atoms with E-state index in [1.807, 2.05) is 7.05 Å². The number of aromatic nitrogens is 1. The van der Waals surface area contributed by atoms with Gasteiger partial charge in [-0.1, -0.05) is 11.8 Å². The molecule has 1 aromatic heterocycles. The molecule has 5 nitrogen and oxygen atoms in total. The number of amides is 1. The van der Waals surface area contributed by atoms with Gasteiger partial charge >= 0.3 is 0 Å². The van der Waals surface area contributed by atoms with E-state index in [0.29, 0.717) is 11.1 Å². The lowest BCUT2D eigenvalue weighted by molar-refractivity contribution is 0.0643. The van der Waals surface area contributed by atoms with Gasteiger partial charge in [0.05, 0.1) is 11.1 Å². The monoisotopic (exact) mass is 287 g/mol. The summed E-state index contributed by atoms with van der Waals surface area (Å²) < 4.78 is 0. The highest BCUT2D eigenvalue weighted by Crippen LogP contribution is 2.17. The van der Waals surface area contributed by atoms with Crippen LogP contribution in [-0.2, 0) is 0 Å². The molecule has 112 valence electrons. The van der Waals surface area contributed by atoms with Gasteiger partial charge in [-0.15, -0.1) is 0 Å². The van der Waals surface area contributed by atoms with E-state index in [1.54, 1.807) is 23.4 Å². The van der Waals surface area contributed by atoms with Crippen molar-refractivity contribution in [2.75, 3.05) is 33.8 Å². The molecule has 0 bridgehead atoms. The first-order chi connectivity index (χ1) is 10.1. The number of carbonyl (C=O) groups excluding carboxylic acids is 1. The van der Waals surface area contributed by atoms with Gasteiger partial charge in [-0.05, 0) is 32.5 Å². The first kappa shape index (κ1) is 15.5. The Kier molecular flexibility index (Phi) is 5.32. The van der Waals surface area contributed by atoms with Gasteiger partial charge in [0.1, 0.15) is 6.61 Å². The van der Waals surface area contributed by atoms with E-state index in [0.717, 1.165) is 25.9 Å². The first-order valence-corrected chi connectivity index (χ1v) is 7.13. The summed E-state index contributed by atoms with van der Waals surface area (Å²) in [5, 5.41) is 8.80. The van der Waals surface area contributed by atoms with E-state index < -0.39 is 0 Å². The standard InChI is InChI=1S/C16H21N3O2/c1-18-9-3-6-14(12-18)19(2)16(21)15-7-8-17-11-13(15)5-4-10-20/h7-8,11,14,20H,3,6,9-10,12H2,1-2H3. The highest BCUT2D eigenvalue weighted by atomic mass is 16.2. The predicted molar refractivity (Wildman–Crippen MR) is 80.8 cm³/mol. The average molecular weight is 287 g/mol. The summed E-state index contributed by atoms with van der Waals surface area (Å²) in [6, 6.07) is 1.91. The second-order valence-corrected chi connectivity index (χ2v) is 5.36. The average Bonchev–Trinajstić information content (AvgIpc) is 2.51. The zero-order valence-corrected chi connectivity index (χ0v) is 12.5. The third-order valence-corrected chi connectivity index (χ3v) is 3.82. The van der Waals surface area contributed by atoms with Gasteiger partial charge in [-0.25, -0.2) is 0 Å². The van der Waals surface area contributed by atoms with Crippen LogP contribution in [0.5, 0.6) is 0 Å². The van der Waals surface area contributed by atoms with Crippen molar-refractivity contribution in [3.63, 3.8) is 0 Å². The van der Waals surface area contributed by atoms with Crippen molar-refractivity contribution >= 4 is 5.91 Å². The second kappa shape index (κ2) is 7.21. The van der Waals surface area contributed by atoms with Gasteiger partial charge in [0.25, 0.3) is 5.91 Å². The maximum absolute atomic E-state index is 12.7. The van der Waals surface area contributed by atoms with E-state index in [4.69, 9.17) is 5.11 Å². The molecule has 5 heteroatoms. The van der Waals surface area contributed by atoms with Crippen LogP contribution in [0, 0.1) is 11.8 Å². The number of hydrogen-bond donors (Lipinski definition) is 1. The molecule has 0 aromatic carbocycles. The van der Waals surface area contributed by atoms with Crippen molar-refractivity contribution in [3.05, 3.63) is 29.6 Å². The summed E-state index contributed by atoms with van der Waals surface area (Å²) in [5.74, 6) is 5.32. The van der Waals surface area contributed by atoms with Crippen LogP contribution < -0.4 is 0 Å². The largest absolute Gasteiger partial charge is 0.384 e. The first-order valence-electron chi connectivity index (χ1n) is 7.13. The Morgan fingerprint density at radius 2 is 2.43 bits per heavy atom. The van der Waals surface area contributed by atoms with Crippen molar-refractivity contribution in [1.29, 1.82) is 0 Å². The van der Waals surface area contributed by atoms with Gasteiger partial charge in [0, 0.05) is 32.0 Å². The van der Waals surface area contributed by atoms with E-state index in [9.17, 15) is 4.79 Å². The van der Waals surface area contributed by atoms with Crippen LogP contribution in [0.3, 0.4) is 0 Å². The lowest BCUT2D eigenvalue weighted by Gasteiger charge is -2.36. The van der Waals surface area contributed by atoms with Crippen LogP contribution in [0.2, 0.25) is 0 Å². The molecule has 1 aliphatic rings. The maximum Gasteiger partial charge on any atom is 0.255 e. The molecule has 1 aliphatic heterocycles. The number of carbonyl (C=O) groups is 1. The molecule has 2 rings (SSSR count). The molecule has 1 aromatic rings. The number of aliphatic hydroxyl groups excluding tert-OH is 1. The molecule has 0 saturated carbocycles. The molecule has 1 saturated heterocycles. The fourth-order valence-electron chi connectivity index (χ4n) is 2.63. The molecule has 0 spiro atoms. The summed E-state index contributed by atoms with van der Waals surface area (Å²) in [4.78, 5) is 20.7. The molecule has 1 amide bonds. The lowest BCUT2D eigenvalue weighted by atomic mass is 10.0. The normalized spacial score (nSPS) is 18.7. The number of piperidine rings is 1. The Morgan fingerprint density at radius 3 is 3.14 bits per heavy atom. The van der Waals surface area contributed by atoms with Gasteiger partial charge in [-0.2, -0.15) is 0 Å². The smallest absolute Gasteiger partial charge is 0.255 e. The van der Waals surface area contributed by atoms with Crippen LogP contribution >= 0.6 is 0 Å². The number of nitrogens with zero attached hydrogens (tertiary/aromatic N) is 3. The molecule has 1 fully saturated rings. The highest BCUT2D eigenvalue weighted by molar-refractivity contribution is 5.96. The van der Waals surface area contributed by atoms with Crippen LogP contribution in [-0.4, -0.2) is 65.6 Å². The molecule has 1 N–H and O–H groups in total. The van der Waals surface area contributed by atoms with Crippen LogP contribution in [0.1, 0.15) is 28.8 Å². The Hall–Kier alpha value is -1.90. The van der Waals surface area contributed by atoms with Gasteiger partial charge < -0.3 is 14.9 Å². The summed E-state index contributed by atoms with van der Waals surface area (Å²) >= 11 is 0. The van der Waals surface area contributed by atoms with Crippen molar-refractivity contribution in [3.8, 4) is 11.8 Å². The molecular weight excluding hydrogens is 266 g/mol. The fraction of sp³-hybridized carbons (Fsp3) is 0.500. The van der Waals surface area contributed by atoms with Crippen molar-refractivity contribution in [2.45, 2.75) is 18.9 Å². The number of hydrogen-bond acceptors (Lipinski definition) is 4. The Labute approximate surface area is 125 Å². The second-order valence-electron chi connectivity index (χ2n) is 5.36. The van der Waals surface area contributed by atoms with Crippen molar-refractivity contribution in [1.82, 2.24) is 14.8 Å². The molecule has 2 heterocycles. The zero-order valence-electron chi connectivity index (χ0n) is 12.5. The van der Waals surface area contributed by atoms with E-state index >= 15 is 0 Å². The topological polar surface area (TPSA) is 56.7 Å². The number of likely N-dealkylation sites (N-methyl/N-ethyl adjacent to an activating group) is 2. The minimum atomic E-state index is -0.230. The number of pyridine rings is 1. The fourth-order valence-corrected chi connectivity index (χ4v) is 2.63. The third-order valence-electron chi connectivity index (χ3n) is 3.82. The molecule has 1 unspecified atom stereocenters. The number of rotatable bonds is 2. The summed E-state index contributed by atoms with van der Waals surface area (Å²) in [6.07, 6.45) is 5.29. The van der Waals surface area contributed by atoms with Gasteiger partial charge in [0.2, 0.25) is 0 Å². The minimum Gasteiger partial charge on any atom is -0.384 e. The molecule has 1 atom stereocenters. The van der Waals surface area contributed by atoms with Crippen molar-refractivity contribution < 1.29 is 9.90 Å². The third kappa shape index (κ3) is 3.81. The van der Waals surface area contributed by atoms with Crippen LogP contribution in [0.15, 0.2) is 18.5 Å². The van der Waals surface area contributed by atoms with Gasteiger partial charge in [0.15, 0.2) is 0 Å². The predicted octanol–water partition coefficient (Wildman–Crippen LogP) is 0.592. The SMILES string of the molecule is CN1CCCC(N(C)C(=O)c2ccncc2C#CCO)C1. The molecule has 0 radical (unpaired) electrons. The van der Waals surface area contributed by atoms with Crippen LogP contribution in [0.25, 0.3) is 0 Å². The minimum absolute atomic E-state index is 0.0417. The van der Waals surface area contributed by atoms with E-state index in [-0.39, 0.29) is 18.6 Å². The summed E-state index contributed by atoms with van der Waals surface area (Å²) in [6.45, 7) is 1.75. The lowest BCUT2D eigenvalue weighted by Crippen LogP contribution is -2.47. The summed E-state index contributed by atoms with van der Waals surface area (Å²) in [5.41, 5.74) is 1.11. The van der Waals surface area contributed by atoms with Gasteiger partial charge in [-0.3, -0.25) is 9.78 Å². The quantitative estimate of drug-likeness (QED) is 0.809. The molecular formula is C16H21N3O2. The van der Waals surface area contributed by atoms with Crippen molar-refractivity contribution in [2.24, 2.45) is 0 Å². The highest BCUT2D eigenvalue weighted by Gasteiger charge is 2.26. The molecule has 21 heavy (non-hydrogen) atoms.